The predicted octanol–water partition coefficient (Wildman–Crippen LogP) is 2.83. The number of benzene rings is 2. The molecule has 69 heavy (non-hydrogen) atoms. The number of halogens is 3. The lowest BCUT2D eigenvalue weighted by atomic mass is 10.0. The number of rotatable bonds is 19. The number of piperidine rings is 2. The molecule has 5 N–H and O–H groups in total. The van der Waals surface area contributed by atoms with Gasteiger partial charge in [-0.15, -0.1) is 0 Å². The maximum Gasteiger partial charge on any atom is 0.342 e. The first-order chi connectivity index (χ1) is 33.2. The zero-order valence-corrected chi connectivity index (χ0v) is 38.1. The minimum atomic E-state index is -3.66. The van der Waals surface area contributed by atoms with Crippen LogP contribution in [0.4, 0.5) is 42.0 Å². The van der Waals surface area contributed by atoms with Gasteiger partial charge in [0, 0.05) is 63.5 Å². The number of carbonyl (C=O) groups is 6. The Morgan fingerprint density at radius 1 is 0.942 bits per heavy atom. The number of fused-ring (bicyclic) bond motifs is 2. The van der Waals surface area contributed by atoms with Gasteiger partial charge in [-0.05, 0) is 50.3 Å². The Morgan fingerprint density at radius 2 is 1.70 bits per heavy atom. The van der Waals surface area contributed by atoms with Crippen molar-refractivity contribution in [2.24, 2.45) is 0 Å². The molecule has 5 aliphatic rings. The highest BCUT2D eigenvalue weighted by atomic mass is 19.3. The molecule has 1 atom stereocenters. The van der Waals surface area contributed by atoms with Crippen LogP contribution in [0.15, 0.2) is 36.5 Å². The van der Waals surface area contributed by atoms with Crippen molar-refractivity contribution in [2.45, 2.75) is 75.4 Å². The number of nitrogens with one attached hydrogen (secondary N) is 4. The molecule has 6 amide bonds. The van der Waals surface area contributed by atoms with Crippen LogP contribution in [0.1, 0.15) is 82.4 Å². The first-order valence-electron chi connectivity index (χ1n) is 23.1. The number of alkyl halides is 2. The third kappa shape index (κ3) is 10.9. The fourth-order valence-corrected chi connectivity index (χ4v) is 9.32. The maximum atomic E-state index is 15.7. The molecule has 0 spiro atoms. The molecule has 1 aliphatic carbocycles. The molecule has 1 unspecified atom stereocenters. The number of carbonyl (C=O) groups excluding carboxylic acids is 6. The van der Waals surface area contributed by atoms with Gasteiger partial charge in [0.25, 0.3) is 23.6 Å². The molecule has 5 heterocycles. The third-order valence-electron chi connectivity index (χ3n) is 12.9. The quantitative estimate of drug-likeness (QED) is 0.0858. The number of ether oxygens (including phenoxy) is 3. The van der Waals surface area contributed by atoms with E-state index in [0.29, 0.717) is 77.4 Å². The van der Waals surface area contributed by atoms with Crippen molar-refractivity contribution in [2.75, 3.05) is 99.8 Å². The average Bonchev–Trinajstić information content (AvgIpc) is 3.95. The second kappa shape index (κ2) is 21.5. The Hall–Kier alpha value is -6.43. The fourth-order valence-electron chi connectivity index (χ4n) is 9.32. The zero-order valence-electron chi connectivity index (χ0n) is 38.1. The highest BCUT2D eigenvalue weighted by Gasteiger charge is 2.49. The predicted molar refractivity (Wildman–Crippen MR) is 242 cm³/mol. The van der Waals surface area contributed by atoms with Gasteiger partial charge < -0.3 is 50.0 Å². The van der Waals surface area contributed by atoms with Crippen molar-refractivity contribution in [3.05, 3.63) is 59.0 Å². The molecular formula is C46H55F3N10O10. The second-order valence-electron chi connectivity index (χ2n) is 17.5. The smallest absolute Gasteiger partial charge is 0.342 e. The lowest BCUT2D eigenvalue weighted by Gasteiger charge is -2.32. The molecule has 20 nitrogen and oxygen atoms in total. The van der Waals surface area contributed by atoms with Gasteiger partial charge in [-0.2, -0.15) is 13.8 Å². The monoisotopic (exact) mass is 964 g/mol. The molecule has 3 fully saturated rings. The van der Waals surface area contributed by atoms with Crippen molar-refractivity contribution in [1.29, 1.82) is 0 Å². The Kier molecular flexibility index (Phi) is 15.2. The topological polar surface area (TPSA) is 237 Å². The summed E-state index contributed by atoms with van der Waals surface area (Å²) < 4.78 is 63.1. The second-order valence-corrected chi connectivity index (χ2v) is 17.5. The van der Waals surface area contributed by atoms with Crippen LogP contribution < -0.4 is 35.8 Å². The minimum absolute atomic E-state index is 0.0191. The van der Waals surface area contributed by atoms with Crippen molar-refractivity contribution in [3.63, 3.8) is 0 Å². The molecule has 1 aromatic heterocycles. The largest absolute Gasteiger partial charge is 0.489 e. The summed E-state index contributed by atoms with van der Waals surface area (Å²) in [6.45, 7) is 2.27. The van der Waals surface area contributed by atoms with Crippen LogP contribution >= 0.6 is 0 Å². The number of aromatic nitrogens is 2. The van der Waals surface area contributed by atoms with Gasteiger partial charge in [-0.25, -0.2) is 9.37 Å². The van der Waals surface area contributed by atoms with E-state index in [1.54, 1.807) is 12.1 Å². The molecule has 2 aromatic carbocycles. The lowest BCUT2D eigenvalue weighted by molar-refractivity contribution is -0.140. The van der Waals surface area contributed by atoms with Crippen LogP contribution in [0.3, 0.4) is 0 Å². The van der Waals surface area contributed by atoms with Crippen LogP contribution in [0.25, 0.3) is 0 Å². The minimum Gasteiger partial charge on any atom is -0.489 e. The molecule has 1 saturated carbocycles. The van der Waals surface area contributed by atoms with Gasteiger partial charge in [0.15, 0.2) is 5.82 Å². The van der Waals surface area contributed by atoms with E-state index in [2.05, 4.69) is 36.1 Å². The van der Waals surface area contributed by atoms with E-state index in [1.165, 1.54) is 30.3 Å². The number of aliphatic hydroxyl groups is 1. The van der Waals surface area contributed by atoms with Crippen molar-refractivity contribution in [1.82, 2.24) is 30.4 Å². The molecule has 4 aliphatic heterocycles. The van der Waals surface area contributed by atoms with Gasteiger partial charge in [0.2, 0.25) is 17.8 Å². The molecule has 8 rings (SSSR count). The van der Waals surface area contributed by atoms with Gasteiger partial charge >= 0.3 is 5.92 Å². The van der Waals surface area contributed by atoms with Gasteiger partial charge in [0.05, 0.1) is 68.2 Å². The molecule has 0 bridgehead atoms. The zero-order chi connectivity index (χ0) is 48.8. The number of amides is 6. The van der Waals surface area contributed by atoms with Gasteiger partial charge in [-0.3, -0.25) is 39.0 Å². The molecule has 370 valence electrons. The van der Waals surface area contributed by atoms with Crippen LogP contribution in [0.5, 0.6) is 5.75 Å². The summed E-state index contributed by atoms with van der Waals surface area (Å²) in [5, 5.41) is 20.6. The van der Waals surface area contributed by atoms with Crippen molar-refractivity contribution < 1.29 is 61.3 Å². The van der Waals surface area contributed by atoms with Crippen LogP contribution in [-0.2, 0) is 23.9 Å². The van der Waals surface area contributed by atoms with E-state index in [9.17, 15) is 33.9 Å². The number of hydrogen-bond acceptors (Lipinski definition) is 16. The van der Waals surface area contributed by atoms with Gasteiger partial charge in [0.1, 0.15) is 29.9 Å². The maximum absolute atomic E-state index is 15.7. The van der Waals surface area contributed by atoms with Crippen LogP contribution in [0.2, 0.25) is 0 Å². The number of nitrogens with zero attached hydrogens (tertiary/aromatic N) is 6. The van der Waals surface area contributed by atoms with E-state index < -0.39 is 59.8 Å². The number of aliphatic hydroxyl groups excluding tert-OH is 1. The number of likely N-dealkylation sites (tertiary alicyclic amines) is 1. The number of anilines is 5. The summed E-state index contributed by atoms with van der Waals surface area (Å²) >= 11 is 0. The van der Waals surface area contributed by atoms with Crippen LogP contribution in [-0.4, -0.2) is 164 Å². The van der Waals surface area contributed by atoms with E-state index in [1.807, 2.05) is 0 Å². The normalized spacial score (nSPS) is 19.9. The van der Waals surface area contributed by atoms with Crippen molar-refractivity contribution >= 4 is 64.3 Å². The third-order valence-corrected chi connectivity index (χ3v) is 12.9. The molecule has 3 aromatic rings. The summed E-state index contributed by atoms with van der Waals surface area (Å²) in [4.78, 5) is 90.7. The first-order valence-corrected chi connectivity index (χ1v) is 23.1. The number of hydrogen-bond donors (Lipinski definition) is 5. The summed E-state index contributed by atoms with van der Waals surface area (Å²) in [6, 6.07) is 5.56. The summed E-state index contributed by atoms with van der Waals surface area (Å²) in [7, 11) is 1.24. The highest BCUT2D eigenvalue weighted by molar-refractivity contribution is 6.25. The van der Waals surface area contributed by atoms with E-state index in [0.717, 1.165) is 28.7 Å². The summed E-state index contributed by atoms with van der Waals surface area (Å²) in [5.41, 5.74) is 0.643. The summed E-state index contributed by atoms with van der Waals surface area (Å²) in [5.74, 6) is -8.79. The first kappa shape index (κ1) is 49.0. The Morgan fingerprint density at radius 3 is 2.43 bits per heavy atom. The Bertz CT molecular complexity index is 2450. The van der Waals surface area contributed by atoms with E-state index in [4.69, 9.17) is 14.2 Å². The van der Waals surface area contributed by atoms with Crippen molar-refractivity contribution in [3.8, 4) is 5.75 Å². The SMILES string of the molecule is CN1C(=O)C(F)(F)CN(C2CCCC2)c2nc(Nc3cc(F)c(C(=O)NC4CCN(CCOCCOCCNc5cccc6c5C(=O)N(C5CCC(=O)NC5=O)C6=O)CC4)cc3OCCO)ncc21. The molecule has 0 radical (unpaired) electrons. The Balaban J connectivity index is 0.766. The fraction of sp³-hybridized carbons (Fsp3) is 0.522. The average molecular weight is 965 g/mol. The molecule has 23 heteroatoms. The number of imide groups is 2. The highest BCUT2D eigenvalue weighted by Crippen LogP contribution is 2.40. The van der Waals surface area contributed by atoms with E-state index in [-0.39, 0.29) is 90.3 Å². The summed E-state index contributed by atoms with van der Waals surface area (Å²) in [6.07, 6.45) is 5.58. The molecule has 2 saturated heterocycles. The Labute approximate surface area is 395 Å². The lowest BCUT2D eigenvalue weighted by Crippen LogP contribution is -2.54. The van der Waals surface area contributed by atoms with Crippen LogP contribution in [0, 0.1) is 5.82 Å². The van der Waals surface area contributed by atoms with E-state index >= 15 is 13.2 Å². The standard InChI is InChI=1S/C46H55F3N10O10/c1-56-35-25-51-45(55-39(35)58(28-5-2-3-6-28)26-46(48,49)44(56)66)53-33-24-31(47)30(23-36(33)69-20-17-60)40(62)52-27-11-14-57(15-12-27)16-19-68-22-21-67-18-13-50-32-8-4-7-29-38(32)43(65)59(42(29)64)34-9-10-37(61)54-41(34)63/h4,7-8,23-25,27-28,34,50,60H,2-3,5-6,9-22,26H2,1H3,(H,52,62)(H,51,53,55)(H,54,61,63). The molecular weight excluding hydrogens is 910 g/mol. The van der Waals surface area contributed by atoms with Gasteiger partial charge in [-0.1, -0.05) is 18.9 Å².